The van der Waals surface area contributed by atoms with Crippen LogP contribution in [-0.2, 0) is 24.3 Å². The fraction of sp³-hybridized carbons (Fsp3) is 0.250. The summed E-state index contributed by atoms with van der Waals surface area (Å²) in [6.07, 6.45) is 2.42. The van der Waals surface area contributed by atoms with Crippen molar-refractivity contribution in [3.63, 3.8) is 0 Å². The van der Waals surface area contributed by atoms with Gasteiger partial charge in [0.15, 0.2) is 0 Å². The number of hydrogen-bond donors (Lipinski definition) is 1. The molecule has 0 saturated carbocycles. The van der Waals surface area contributed by atoms with E-state index < -0.39 is 10.8 Å². The smallest absolute Gasteiger partial charge is 0.0632 e. The molecular weight excluding hydrogens is 270 g/mol. The maximum Gasteiger partial charge on any atom is 0.0632 e. The first-order valence-electron chi connectivity index (χ1n) is 5.48. The fourth-order valence-electron chi connectivity index (χ4n) is 1.66. The Morgan fingerprint density at radius 1 is 1.44 bits per heavy atom. The first kappa shape index (κ1) is 13.1. The van der Waals surface area contributed by atoms with Gasteiger partial charge in [-0.25, -0.2) is 0 Å². The Labute approximate surface area is 113 Å². The number of anilines is 1. The number of nitrogens with two attached hydrogens (primary N) is 1. The molecule has 4 nitrogen and oxygen atoms in total. The molecule has 1 unspecified atom stereocenters. The van der Waals surface area contributed by atoms with Crippen molar-refractivity contribution in [3.05, 3.63) is 41.2 Å². The van der Waals surface area contributed by atoms with E-state index in [0.29, 0.717) is 27.8 Å². The van der Waals surface area contributed by atoms with Gasteiger partial charge in [0.1, 0.15) is 0 Å². The van der Waals surface area contributed by atoms with Gasteiger partial charge in [-0.3, -0.25) is 8.89 Å². The normalized spacial score (nSPS) is 12.6. The molecule has 0 aliphatic heterocycles. The average Bonchev–Trinajstić information content (AvgIpc) is 2.75. The topological polar surface area (TPSA) is 60.9 Å². The van der Waals surface area contributed by atoms with Crippen molar-refractivity contribution in [1.82, 2.24) is 9.78 Å². The molecule has 0 bridgehead atoms. The van der Waals surface area contributed by atoms with Crippen LogP contribution in [0.3, 0.4) is 0 Å². The molecule has 2 rings (SSSR count). The molecule has 2 aromatic rings. The Morgan fingerprint density at radius 2 is 2.22 bits per heavy atom. The third-order valence-electron chi connectivity index (χ3n) is 2.69. The van der Waals surface area contributed by atoms with E-state index in [2.05, 4.69) is 5.10 Å². The van der Waals surface area contributed by atoms with Crippen molar-refractivity contribution in [2.75, 3.05) is 11.5 Å². The summed E-state index contributed by atoms with van der Waals surface area (Å²) >= 11 is 5.88. The van der Waals surface area contributed by atoms with Crippen LogP contribution in [0.1, 0.15) is 5.69 Å². The lowest BCUT2D eigenvalue weighted by molar-refractivity contribution is 0.678. The average molecular weight is 284 g/mol. The maximum atomic E-state index is 12.2. The van der Waals surface area contributed by atoms with Crippen molar-refractivity contribution in [2.24, 2.45) is 7.05 Å². The molecule has 1 heterocycles. The van der Waals surface area contributed by atoms with E-state index in [1.165, 1.54) is 0 Å². The third-order valence-corrected chi connectivity index (χ3v) is 4.34. The molecule has 0 amide bonds. The summed E-state index contributed by atoms with van der Waals surface area (Å²) in [6.45, 7) is 0. The highest BCUT2D eigenvalue weighted by molar-refractivity contribution is 7.85. The number of nitrogen functional groups attached to an aromatic ring is 1. The van der Waals surface area contributed by atoms with E-state index in [-0.39, 0.29) is 0 Å². The van der Waals surface area contributed by atoms with Crippen LogP contribution < -0.4 is 5.73 Å². The van der Waals surface area contributed by atoms with Crippen molar-refractivity contribution >= 4 is 28.1 Å². The van der Waals surface area contributed by atoms with Gasteiger partial charge in [0.05, 0.1) is 15.7 Å². The van der Waals surface area contributed by atoms with Gasteiger partial charge in [0.25, 0.3) is 0 Å². The van der Waals surface area contributed by atoms with Gasteiger partial charge in [-0.2, -0.15) is 5.10 Å². The molecule has 0 spiro atoms. The van der Waals surface area contributed by atoms with Gasteiger partial charge in [-0.1, -0.05) is 11.6 Å². The summed E-state index contributed by atoms with van der Waals surface area (Å²) in [4.78, 5) is 0.602. The van der Waals surface area contributed by atoms with Crippen LogP contribution in [0.15, 0.2) is 35.4 Å². The predicted octanol–water partition coefficient (Wildman–Crippen LogP) is 2.01. The molecule has 0 aliphatic carbocycles. The molecule has 6 heteroatoms. The molecule has 1 atom stereocenters. The van der Waals surface area contributed by atoms with Gasteiger partial charge in [-0.05, 0) is 24.3 Å². The zero-order valence-electron chi connectivity index (χ0n) is 9.97. The first-order valence-corrected chi connectivity index (χ1v) is 7.18. The molecule has 0 fully saturated rings. The molecule has 96 valence electrons. The van der Waals surface area contributed by atoms with Crippen LogP contribution in [0.5, 0.6) is 0 Å². The van der Waals surface area contributed by atoms with Gasteiger partial charge in [0.2, 0.25) is 0 Å². The standard InChI is InChI=1S/C12H14ClN3OS/c1-16-10(4-6-15-16)5-7-18(17)12-8-9(13)2-3-11(12)14/h2-4,6,8H,5,7,14H2,1H3. The van der Waals surface area contributed by atoms with Gasteiger partial charge in [-0.15, -0.1) is 0 Å². The number of aromatic nitrogens is 2. The molecule has 18 heavy (non-hydrogen) atoms. The van der Waals surface area contributed by atoms with Crippen molar-refractivity contribution < 1.29 is 4.21 Å². The second-order valence-electron chi connectivity index (χ2n) is 3.93. The second kappa shape index (κ2) is 5.54. The predicted molar refractivity (Wildman–Crippen MR) is 74.1 cm³/mol. The van der Waals surface area contributed by atoms with Crippen LogP contribution in [0, 0.1) is 0 Å². The molecule has 0 radical (unpaired) electrons. The highest BCUT2D eigenvalue weighted by Gasteiger charge is 2.10. The lowest BCUT2D eigenvalue weighted by Gasteiger charge is -2.06. The van der Waals surface area contributed by atoms with Gasteiger partial charge in [0, 0.05) is 41.8 Å². The highest BCUT2D eigenvalue weighted by atomic mass is 35.5. The lowest BCUT2D eigenvalue weighted by atomic mass is 10.3. The van der Waals surface area contributed by atoms with Crippen LogP contribution >= 0.6 is 11.6 Å². The monoisotopic (exact) mass is 283 g/mol. The zero-order chi connectivity index (χ0) is 13.1. The Kier molecular flexibility index (Phi) is 4.04. The Bertz CT molecular complexity index is 582. The number of hydrogen-bond acceptors (Lipinski definition) is 3. The molecule has 0 aliphatic rings. The largest absolute Gasteiger partial charge is 0.398 e. The fourth-order valence-corrected chi connectivity index (χ4v) is 3.10. The number of aryl methyl sites for hydroxylation is 2. The van der Waals surface area contributed by atoms with Crippen molar-refractivity contribution in [3.8, 4) is 0 Å². The van der Waals surface area contributed by atoms with Gasteiger partial charge < -0.3 is 5.73 Å². The highest BCUT2D eigenvalue weighted by Crippen LogP contribution is 2.21. The Balaban J connectivity index is 2.08. The van der Waals surface area contributed by atoms with Crippen LogP contribution in [-0.4, -0.2) is 19.7 Å². The molecule has 1 aromatic carbocycles. The van der Waals surface area contributed by atoms with Crippen LogP contribution in [0.2, 0.25) is 5.02 Å². The Morgan fingerprint density at radius 3 is 2.89 bits per heavy atom. The van der Waals surface area contributed by atoms with E-state index in [0.717, 1.165) is 5.69 Å². The summed E-state index contributed by atoms with van der Waals surface area (Å²) < 4.78 is 13.9. The van der Waals surface area contributed by atoms with E-state index in [9.17, 15) is 4.21 Å². The minimum absolute atomic E-state index is 0.504. The Hall–Kier alpha value is -1.33. The van der Waals surface area contributed by atoms with E-state index in [1.54, 1.807) is 29.1 Å². The van der Waals surface area contributed by atoms with Crippen LogP contribution in [0.4, 0.5) is 5.69 Å². The summed E-state index contributed by atoms with van der Waals surface area (Å²) in [5.74, 6) is 0.504. The van der Waals surface area contributed by atoms with E-state index >= 15 is 0 Å². The second-order valence-corrected chi connectivity index (χ2v) is 5.90. The number of halogens is 1. The summed E-state index contributed by atoms with van der Waals surface area (Å²) in [5.41, 5.74) is 7.36. The molecule has 1 aromatic heterocycles. The van der Waals surface area contributed by atoms with Crippen molar-refractivity contribution in [2.45, 2.75) is 11.3 Å². The zero-order valence-corrected chi connectivity index (χ0v) is 11.5. The van der Waals surface area contributed by atoms with Crippen LogP contribution in [0.25, 0.3) is 0 Å². The summed E-state index contributed by atoms with van der Waals surface area (Å²) in [7, 11) is 0.718. The molecule has 2 N–H and O–H groups in total. The maximum absolute atomic E-state index is 12.2. The number of rotatable bonds is 4. The first-order chi connectivity index (χ1) is 8.58. The summed E-state index contributed by atoms with van der Waals surface area (Å²) in [5, 5.41) is 4.62. The molecule has 0 saturated heterocycles. The minimum atomic E-state index is -1.15. The SMILES string of the molecule is Cn1nccc1CCS(=O)c1cc(Cl)ccc1N. The molecular formula is C12H14ClN3OS. The minimum Gasteiger partial charge on any atom is -0.398 e. The quantitative estimate of drug-likeness (QED) is 0.873. The number of nitrogens with zero attached hydrogens (tertiary/aromatic N) is 2. The number of benzene rings is 1. The lowest BCUT2D eigenvalue weighted by Crippen LogP contribution is -2.07. The van der Waals surface area contributed by atoms with Gasteiger partial charge >= 0.3 is 0 Å². The third kappa shape index (κ3) is 2.91. The van der Waals surface area contributed by atoms with E-state index in [4.69, 9.17) is 17.3 Å². The van der Waals surface area contributed by atoms with Crippen molar-refractivity contribution in [1.29, 1.82) is 0 Å². The van der Waals surface area contributed by atoms with E-state index in [1.807, 2.05) is 13.1 Å². The summed E-state index contributed by atoms with van der Waals surface area (Å²) in [6, 6.07) is 6.95.